The Balaban J connectivity index is 1.10. The van der Waals surface area contributed by atoms with E-state index >= 15 is 0 Å². The lowest BCUT2D eigenvalue weighted by Gasteiger charge is -2.51. The quantitative estimate of drug-likeness (QED) is 0.153. The fraction of sp³-hybridized carbons (Fsp3) is 0.667. The Morgan fingerprint density at radius 2 is 1.07 bits per heavy atom. The molecule has 0 aromatic heterocycles. The zero-order valence-electron chi connectivity index (χ0n) is 40.9. The van der Waals surface area contributed by atoms with E-state index in [-0.39, 0.29) is 55.4 Å². The molecule has 2 N–H and O–H groups in total. The van der Waals surface area contributed by atoms with E-state index in [1.165, 1.54) is 63.8 Å². The number of methoxy groups -OCH3 is 8. The van der Waals surface area contributed by atoms with Gasteiger partial charge in [0.2, 0.25) is 11.8 Å². The normalized spacial score (nSPS) is 32.2. The highest BCUT2D eigenvalue weighted by Gasteiger charge is 2.56. The summed E-state index contributed by atoms with van der Waals surface area (Å²) < 4.78 is 85.5. The van der Waals surface area contributed by atoms with E-state index in [2.05, 4.69) is 22.8 Å². The molecule has 2 aromatic carbocycles. The highest BCUT2D eigenvalue weighted by molar-refractivity contribution is 8.14. The molecular formula is C48H68N2O18S. The third-order valence-corrected chi connectivity index (χ3v) is 13.7. The van der Waals surface area contributed by atoms with Crippen molar-refractivity contribution in [3.8, 4) is 11.1 Å². The highest BCUT2D eigenvalue weighted by atomic mass is 32.2. The van der Waals surface area contributed by atoms with Gasteiger partial charge in [0.1, 0.15) is 67.6 Å². The smallest absolute Gasteiger partial charge is 0.306 e. The highest BCUT2D eigenvalue weighted by Crippen LogP contribution is 2.44. The molecule has 384 valence electrons. The number of fused-ring (bicyclic) bond motifs is 3. The summed E-state index contributed by atoms with van der Waals surface area (Å²) in [6.07, 6.45) is -12.9. The van der Waals surface area contributed by atoms with Crippen molar-refractivity contribution in [2.45, 2.75) is 125 Å². The molecule has 0 spiro atoms. The van der Waals surface area contributed by atoms with Gasteiger partial charge in [-0.05, 0) is 29.2 Å². The SMILES string of the molecule is COCC1OC(NC(=O)CCC(=O)OCC2c3ccccc3-c3ccccc32)C(OC)[C@H](OC)[C@H]1O[C@@H]1OC(COC)[C@H](O[C@@H]2OC(C)[C@@H](NC(=O)CSC(C)=O)[C@@H](OC)C2OC)[C@@H](OC)C1OC. The predicted molar refractivity (Wildman–Crippen MR) is 247 cm³/mol. The standard InChI is InChI=1S/C48H68N2O18S/c1-25-37(49-35(53)24-69-26(2)51)40(57-5)44(61-9)47(64-25)67-39-33(23-56-4)66-48(45(62-10)42(39)59-7)68-38-32(22-55-3)65-46(43(60-8)41(38)58-6)50-34(52)19-20-36(54)63-21-31-29-17-13-11-15-27(29)28-16-12-14-18-30(28)31/h11-18,25,31-33,37-48H,19-24H2,1-10H3,(H,49,53)(H,50,52)/t25?,32?,33?,37-,38+,39+,40-,41-,42-,43?,44?,45?,46?,47+,48+/m1/s1. The van der Waals surface area contributed by atoms with Gasteiger partial charge in [-0.25, -0.2) is 0 Å². The lowest BCUT2D eigenvalue weighted by atomic mass is 9.94. The number of rotatable bonds is 23. The first-order valence-corrected chi connectivity index (χ1v) is 23.8. The van der Waals surface area contributed by atoms with Gasteiger partial charge in [-0.2, -0.15) is 0 Å². The molecule has 69 heavy (non-hydrogen) atoms. The van der Waals surface area contributed by atoms with Crippen molar-refractivity contribution in [1.29, 1.82) is 0 Å². The summed E-state index contributed by atoms with van der Waals surface area (Å²) in [6, 6.07) is 15.5. The van der Waals surface area contributed by atoms with Crippen molar-refractivity contribution in [3.05, 3.63) is 59.7 Å². The Morgan fingerprint density at radius 1 is 0.565 bits per heavy atom. The van der Waals surface area contributed by atoms with Gasteiger partial charge in [-0.1, -0.05) is 60.3 Å². The molecule has 2 aromatic rings. The molecular weight excluding hydrogens is 925 g/mol. The second-order valence-electron chi connectivity index (χ2n) is 17.0. The van der Waals surface area contributed by atoms with Crippen molar-refractivity contribution in [2.75, 3.05) is 82.5 Å². The van der Waals surface area contributed by atoms with Crippen LogP contribution in [0.25, 0.3) is 11.1 Å². The summed E-state index contributed by atoms with van der Waals surface area (Å²) in [4.78, 5) is 50.8. The number of thioether (sulfide) groups is 1. The molecule has 0 saturated carbocycles. The van der Waals surface area contributed by atoms with Crippen LogP contribution >= 0.6 is 11.8 Å². The van der Waals surface area contributed by atoms with Crippen LogP contribution in [0.3, 0.4) is 0 Å². The summed E-state index contributed by atoms with van der Waals surface area (Å²) in [5.74, 6) is -1.53. The third-order valence-electron chi connectivity index (χ3n) is 12.9. The Morgan fingerprint density at radius 3 is 1.61 bits per heavy atom. The van der Waals surface area contributed by atoms with Gasteiger partial charge in [0, 0.05) is 76.1 Å². The van der Waals surface area contributed by atoms with Crippen LogP contribution in [0.4, 0.5) is 0 Å². The second kappa shape index (κ2) is 26.2. The number of hydrogen-bond acceptors (Lipinski definition) is 19. The van der Waals surface area contributed by atoms with Gasteiger partial charge in [-0.15, -0.1) is 0 Å². The van der Waals surface area contributed by atoms with E-state index in [0.29, 0.717) is 0 Å². The van der Waals surface area contributed by atoms with E-state index in [4.69, 9.17) is 66.3 Å². The van der Waals surface area contributed by atoms with Crippen LogP contribution in [0, 0.1) is 0 Å². The van der Waals surface area contributed by atoms with Gasteiger partial charge in [0.05, 0.1) is 37.5 Å². The molecule has 0 bridgehead atoms. The third kappa shape index (κ3) is 12.9. The maximum Gasteiger partial charge on any atom is 0.306 e. The summed E-state index contributed by atoms with van der Waals surface area (Å²) in [5, 5.41) is 5.59. The van der Waals surface area contributed by atoms with Crippen LogP contribution in [-0.4, -0.2) is 197 Å². The Bertz CT molecular complexity index is 1950. The summed E-state index contributed by atoms with van der Waals surface area (Å²) in [7, 11) is 11.9. The van der Waals surface area contributed by atoms with E-state index in [1.807, 2.05) is 36.4 Å². The average molecular weight is 993 g/mol. The zero-order chi connectivity index (χ0) is 49.8. The zero-order valence-corrected chi connectivity index (χ0v) is 41.7. The van der Waals surface area contributed by atoms with Gasteiger partial charge in [0.15, 0.2) is 23.9 Å². The molecule has 3 heterocycles. The molecule has 2 amide bonds. The number of ether oxygens (including phenoxy) is 14. The fourth-order valence-corrected chi connectivity index (χ4v) is 10.1. The minimum Gasteiger partial charge on any atom is -0.465 e. The van der Waals surface area contributed by atoms with E-state index in [9.17, 15) is 19.2 Å². The molecule has 21 heteroatoms. The number of carbonyl (C=O) groups excluding carboxylic acids is 4. The Labute approximate surface area is 407 Å². The molecule has 6 rings (SSSR count). The monoisotopic (exact) mass is 992 g/mol. The van der Waals surface area contributed by atoms with Crippen molar-refractivity contribution in [3.63, 3.8) is 0 Å². The van der Waals surface area contributed by atoms with Gasteiger partial charge >= 0.3 is 5.97 Å². The molecule has 20 nitrogen and oxygen atoms in total. The Hall–Kier alpha value is -3.65. The maximum absolute atomic E-state index is 13.5. The van der Waals surface area contributed by atoms with Crippen LogP contribution in [0.1, 0.15) is 43.7 Å². The first-order chi connectivity index (χ1) is 33.4. The first-order valence-electron chi connectivity index (χ1n) is 22.8. The molecule has 3 saturated heterocycles. The van der Waals surface area contributed by atoms with Gasteiger partial charge < -0.3 is 76.9 Å². The molecule has 3 aliphatic heterocycles. The number of benzene rings is 2. The largest absolute Gasteiger partial charge is 0.465 e. The van der Waals surface area contributed by atoms with Crippen LogP contribution in [0.5, 0.6) is 0 Å². The number of hydrogen-bond donors (Lipinski definition) is 2. The van der Waals surface area contributed by atoms with Crippen molar-refractivity contribution in [1.82, 2.24) is 10.6 Å². The fourth-order valence-electron chi connectivity index (χ4n) is 9.66. The average Bonchev–Trinajstić information content (AvgIpc) is 3.66. The van der Waals surface area contributed by atoms with Crippen molar-refractivity contribution in [2.24, 2.45) is 0 Å². The minimum atomic E-state index is -1.14. The number of nitrogens with one attached hydrogen (secondary N) is 2. The molecule has 0 radical (unpaired) electrons. The lowest BCUT2D eigenvalue weighted by Crippen LogP contribution is -2.69. The summed E-state index contributed by atoms with van der Waals surface area (Å²) >= 11 is 0.895. The maximum atomic E-state index is 13.5. The van der Waals surface area contributed by atoms with Gasteiger partial charge in [0.25, 0.3) is 0 Å². The van der Waals surface area contributed by atoms with Crippen LogP contribution in [-0.2, 0) is 85.5 Å². The van der Waals surface area contributed by atoms with Crippen molar-refractivity contribution >= 4 is 34.7 Å². The first kappa shape index (κ1) is 54.7. The number of carbonyl (C=O) groups is 4. The van der Waals surface area contributed by atoms with Crippen LogP contribution < -0.4 is 10.6 Å². The van der Waals surface area contributed by atoms with E-state index in [0.717, 1.165) is 34.0 Å². The predicted octanol–water partition coefficient (Wildman–Crippen LogP) is 2.35. The number of amides is 2. The van der Waals surface area contributed by atoms with Gasteiger partial charge in [-0.3, -0.25) is 19.2 Å². The Kier molecular flexibility index (Phi) is 20.7. The summed E-state index contributed by atoms with van der Waals surface area (Å²) in [5.41, 5.74) is 4.42. The molecule has 4 aliphatic rings. The van der Waals surface area contributed by atoms with E-state index in [1.54, 1.807) is 6.92 Å². The topological polar surface area (TPSA) is 222 Å². The molecule has 7 unspecified atom stereocenters. The van der Waals surface area contributed by atoms with Crippen LogP contribution in [0.2, 0.25) is 0 Å². The lowest BCUT2D eigenvalue weighted by molar-refractivity contribution is -0.374. The van der Waals surface area contributed by atoms with Crippen LogP contribution in [0.15, 0.2) is 48.5 Å². The van der Waals surface area contributed by atoms with Crippen molar-refractivity contribution < 1.29 is 85.5 Å². The molecule has 1 aliphatic carbocycles. The minimum absolute atomic E-state index is 0.00564. The van der Waals surface area contributed by atoms with E-state index < -0.39 is 104 Å². The second-order valence-corrected chi connectivity index (χ2v) is 18.2. The number of esters is 1. The molecule has 3 fully saturated rings. The molecule has 15 atom stereocenters. The summed E-state index contributed by atoms with van der Waals surface area (Å²) in [6.45, 7) is 3.32.